The Labute approximate surface area is 183 Å². The number of benzene rings is 1. The van der Waals surface area contributed by atoms with E-state index in [1.165, 1.54) is 12.1 Å². The minimum atomic E-state index is -0.341. The topological polar surface area (TPSA) is 68.2 Å². The third-order valence-electron chi connectivity index (χ3n) is 5.07. The minimum Gasteiger partial charge on any atom is -0.439 e. The summed E-state index contributed by atoms with van der Waals surface area (Å²) in [4.78, 5) is 11.0. The Hall–Kier alpha value is -2.71. The third kappa shape index (κ3) is 7.48. The number of nitrogens with one attached hydrogen (secondary N) is 1. The van der Waals surface area contributed by atoms with Gasteiger partial charge in [-0.1, -0.05) is 12.1 Å². The van der Waals surface area contributed by atoms with Crippen molar-refractivity contribution in [3.8, 4) is 11.6 Å². The van der Waals surface area contributed by atoms with Gasteiger partial charge < -0.3 is 24.4 Å². The fourth-order valence-corrected chi connectivity index (χ4v) is 3.43. The number of ether oxygens (including phenoxy) is 3. The van der Waals surface area contributed by atoms with E-state index >= 15 is 0 Å². The highest BCUT2D eigenvalue weighted by molar-refractivity contribution is 5.79. The zero-order valence-electron chi connectivity index (χ0n) is 18.2. The van der Waals surface area contributed by atoms with Crippen molar-refractivity contribution in [2.45, 2.75) is 31.9 Å². The van der Waals surface area contributed by atoms with Gasteiger partial charge in [-0.2, -0.15) is 0 Å². The Balaban J connectivity index is 1.42. The number of likely N-dealkylation sites (tertiary alicyclic amines) is 1. The van der Waals surface area contributed by atoms with E-state index in [2.05, 4.69) is 20.2 Å². The van der Waals surface area contributed by atoms with Gasteiger partial charge in [0.25, 0.3) is 0 Å². The summed E-state index contributed by atoms with van der Waals surface area (Å²) in [6.45, 7) is 3.91. The molecule has 1 aromatic heterocycles. The van der Waals surface area contributed by atoms with Crippen molar-refractivity contribution in [2.75, 3.05) is 40.5 Å². The summed E-state index contributed by atoms with van der Waals surface area (Å²) in [7, 11) is 3.51. The molecule has 0 bridgehead atoms. The Kier molecular flexibility index (Phi) is 9.05. The van der Waals surface area contributed by atoms with Crippen molar-refractivity contribution in [3.63, 3.8) is 0 Å². The maximum Gasteiger partial charge on any atom is 0.219 e. The highest BCUT2D eigenvalue weighted by atomic mass is 19.1. The van der Waals surface area contributed by atoms with Crippen LogP contribution in [0.4, 0.5) is 4.39 Å². The summed E-state index contributed by atoms with van der Waals surface area (Å²) < 4.78 is 29.8. The van der Waals surface area contributed by atoms with E-state index in [-0.39, 0.29) is 5.82 Å². The van der Waals surface area contributed by atoms with Crippen molar-refractivity contribution in [3.05, 3.63) is 54.0 Å². The molecule has 1 aromatic carbocycles. The third-order valence-corrected chi connectivity index (χ3v) is 5.07. The number of pyridine rings is 1. The maximum absolute atomic E-state index is 13.3. The van der Waals surface area contributed by atoms with E-state index in [1.807, 2.05) is 6.07 Å². The van der Waals surface area contributed by atoms with E-state index < -0.39 is 0 Å². The molecule has 1 aliphatic rings. The fraction of sp³-hybridized carbons (Fsp3) is 0.478. The summed E-state index contributed by atoms with van der Waals surface area (Å²) >= 11 is 0. The monoisotopic (exact) mass is 430 g/mol. The summed E-state index contributed by atoms with van der Waals surface area (Å²) in [6.07, 6.45) is 4.96. The van der Waals surface area contributed by atoms with Crippen LogP contribution in [0.3, 0.4) is 0 Å². The number of aliphatic imine (C=N–C) groups is 1. The van der Waals surface area contributed by atoms with Gasteiger partial charge in [-0.3, -0.25) is 4.99 Å². The number of rotatable bonds is 9. The van der Waals surface area contributed by atoms with E-state index in [9.17, 15) is 4.39 Å². The Morgan fingerprint density at radius 3 is 2.74 bits per heavy atom. The molecule has 1 aliphatic heterocycles. The molecule has 1 fully saturated rings. The first-order valence-electron chi connectivity index (χ1n) is 10.6. The molecule has 7 nitrogen and oxygen atoms in total. The van der Waals surface area contributed by atoms with Gasteiger partial charge in [-0.25, -0.2) is 9.37 Å². The van der Waals surface area contributed by atoms with Gasteiger partial charge in [0.1, 0.15) is 11.6 Å². The lowest BCUT2D eigenvalue weighted by molar-refractivity contribution is 0.00989. The van der Waals surface area contributed by atoms with Crippen LogP contribution in [0.15, 0.2) is 47.6 Å². The highest BCUT2D eigenvalue weighted by Crippen LogP contribution is 2.20. The number of aromatic nitrogens is 1. The lowest BCUT2D eigenvalue weighted by Crippen LogP contribution is -2.46. The second-order valence-electron chi connectivity index (χ2n) is 7.37. The second-order valence-corrected chi connectivity index (χ2v) is 7.37. The summed E-state index contributed by atoms with van der Waals surface area (Å²) in [6, 6.07) is 9.71. The summed E-state index contributed by atoms with van der Waals surface area (Å²) in [5, 5.41) is 3.39. The molecule has 0 saturated carbocycles. The van der Waals surface area contributed by atoms with Crippen LogP contribution in [-0.2, 0) is 16.0 Å². The molecular formula is C23H31FN4O3. The first-order chi connectivity index (χ1) is 15.2. The normalized spacial score (nSPS) is 15.2. The first-order valence-corrected chi connectivity index (χ1v) is 10.6. The van der Waals surface area contributed by atoms with E-state index in [0.29, 0.717) is 24.3 Å². The molecule has 168 valence electrons. The molecular weight excluding hydrogens is 399 g/mol. The van der Waals surface area contributed by atoms with Crippen LogP contribution in [0.25, 0.3) is 0 Å². The number of methoxy groups -OCH3 is 1. The van der Waals surface area contributed by atoms with Crippen LogP contribution in [0.2, 0.25) is 0 Å². The standard InChI is InChI=1S/C23H31FN4O3/c1-25-23(28-11-9-20(10-12-28)30-14-4-13-29-2)27-17-18-7-8-22(26-16-18)31-21-6-3-5-19(24)15-21/h3,5-8,15-16,20H,4,9-14,17H2,1-2H3,(H,25,27). The zero-order valence-corrected chi connectivity index (χ0v) is 18.2. The highest BCUT2D eigenvalue weighted by Gasteiger charge is 2.21. The number of piperidine rings is 1. The molecule has 0 unspecified atom stereocenters. The molecule has 31 heavy (non-hydrogen) atoms. The number of hydrogen-bond donors (Lipinski definition) is 1. The van der Waals surface area contributed by atoms with Gasteiger partial charge in [-0.05, 0) is 37.0 Å². The molecule has 0 aliphatic carbocycles. The largest absolute Gasteiger partial charge is 0.439 e. The number of nitrogens with zero attached hydrogens (tertiary/aromatic N) is 3. The van der Waals surface area contributed by atoms with Crippen LogP contribution in [-0.4, -0.2) is 62.4 Å². The number of guanidine groups is 1. The maximum atomic E-state index is 13.3. The van der Waals surface area contributed by atoms with Gasteiger partial charge in [-0.15, -0.1) is 0 Å². The molecule has 0 radical (unpaired) electrons. The molecule has 2 heterocycles. The smallest absolute Gasteiger partial charge is 0.219 e. The molecule has 1 N–H and O–H groups in total. The van der Waals surface area contributed by atoms with E-state index in [1.54, 1.807) is 38.6 Å². The SMILES string of the molecule is CN=C(NCc1ccc(Oc2cccc(F)c2)nc1)N1CCC(OCCCOC)CC1. The summed E-state index contributed by atoms with van der Waals surface area (Å²) in [5.41, 5.74) is 1.00. The van der Waals surface area contributed by atoms with Crippen LogP contribution in [0, 0.1) is 5.82 Å². The van der Waals surface area contributed by atoms with Gasteiger partial charge >= 0.3 is 0 Å². The molecule has 0 amide bonds. The zero-order chi connectivity index (χ0) is 21.9. The Bertz CT molecular complexity index is 824. The molecule has 1 saturated heterocycles. The molecule has 0 spiro atoms. The average molecular weight is 431 g/mol. The van der Waals surface area contributed by atoms with Crippen molar-refractivity contribution < 1.29 is 18.6 Å². The van der Waals surface area contributed by atoms with Crippen molar-refractivity contribution >= 4 is 5.96 Å². The van der Waals surface area contributed by atoms with Crippen LogP contribution in [0.5, 0.6) is 11.6 Å². The number of halogens is 1. The van der Waals surface area contributed by atoms with Gasteiger partial charge in [0, 0.05) is 65.3 Å². The lowest BCUT2D eigenvalue weighted by atomic mass is 10.1. The van der Waals surface area contributed by atoms with E-state index in [0.717, 1.165) is 57.1 Å². The van der Waals surface area contributed by atoms with Gasteiger partial charge in [0.05, 0.1) is 6.10 Å². The number of hydrogen-bond acceptors (Lipinski definition) is 5. The van der Waals surface area contributed by atoms with Crippen LogP contribution >= 0.6 is 0 Å². The van der Waals surface area contributed by atoms with Crippen LogP contribution < -0.4 is 10.1 Å². The molecule has 0 atom stereocenters. The first kappa shape index (κ1) is 23.0. The van der Waals surface area contributed by atoms with Crippen LogP contribution in [0.1, 0.15) is 24.8 Å². The van der Waals surface area contributed by atoms with Crippen molar-refractivity contribution in [1.82, 2.24) is 15.2 Å². The molecule has 8 heteroatoms. The predicted octanol–water partition coefficient (Wildman–Crippen LogP) is 3.61. The lowest BCUT2D eigenvalue weighted by Gasteiger charge is -2.34. The molecule has 3 rings (SSSR count). The predicted molar refractivity (Wildman–Crippen MR) is 118 cm³/mol. The Morgan fingerprint density at radius 2 is 2.06 bits per heavy atom. The quantitative estimate of drug-likeness (QED) is 0.372. The minimum absolute atomic E-state index is 0.307. The molecule has 2 aromatic rings. The average Bonchev–Trinajstić information content (AvgIpc) is 2.79. The van der Waals surface area contributed by atoms with E-state index in [4.69, 9.17) is 14.2 Å². The Morgan fingerprint density at radius 1 is 1.23 bits per heavy atom. The van der Waals surface area contributed by atoms with Gasteiger partial charge in [0.15, 0.2) is 5.96 Å². The second kappa shape index (κ2) is 12.2. The van der Waals surface area contributed by atoms with Crippen molar-refractivity contribution in [1.29, 1.82) is 0 Å². The van der Waals surface area contributed by atoms with Gasteiger partial charge in [0.2, 0.25) is 5.88 Å². The fourth-order valence-electron chi connectivity index (χ4n) is 3.43. The summed E-state index contributed by atoms with van der Waals surface area (Å²) in [5.74, 6) is 1.38. The van der Waals surface area contributed by atoms with Crippen molar-refractivity contribution in [2.24, 2.45) is 4.99 Å².